The second kappa shape index (κ2) is 8.55. The number of carbonyl (C=O) groups excluding carboxylic acids is 2. The van der Waals surface area contributed by atoms with E-state index in [0.717, 1.165) is 23.4 Å². The third kappa shape index (κ3) is 4.53. The fourth-order valence-electron chi connectivity index (χ4n) is 3.12. The molecule has 2 heterocycles. The van der Waals surface area contributed by atoms with Crippen molar-refractivity contribution in [2.75, 3.05) is 16.9 Å². The van der Waals surface area contributed by atoms with Gasteiger partial charge in [-0.3, -0.25) is 14.4 Å². The van der Waals surface area contributed by atoms with E-state index in [-0.39, 0.29) is 11.8 Å². The van der Waals surface area contributed by atoms with Crippen molar-refractivity contribution >= 4 is 29.3 Å². The van der Waals surface area contributed by atoms with Gasteiger partial charge in [-0.05, 0) is 43.2 Å². The van der Waals surface area contributed by atoms with Gasteiger partial charge in [-0.2, -0.15) is 13.2 Å². The number of pyridine rings is 1. The van der Waals surface area contributed by atoms with Crippen LogP contribution in [0.4, 0.5) is 18.9 Å². The van der Waals surface area contributed by atoms with Crippen LogP contribution in [-0.4, -0.2) is 39.0 Å². The van der Waals surface area contributed by atoms with E-state index in [1.54, 1.807) is 6.07 Å². The zero-order chi connectivity index (χ0) is 22.1. The molecule has 1 aliphatic heterocycles. The zero-order valence-corrected chi connectivity index (χ0v) is 17.1. The van der Waals surface area contributed by atoms with Gasteiger partial charge in [0, 0.05) is 17.6 Å². The molecule has 0 spiro atoms. The van der Waals surface area contributed by atoms with Gasteiger partial charge in [-0.15, -0.1) is 11.8 Å². The highest BCUT2D eigenvalue weighted by molar-refractivity contribution is 7.99. The van der Waals surface area contributed by atoms with Crippen LogP contribution in [0.25, 0.3) is 0 Å². The van der Waals surface area contributed by atoms with E-state index in [0.29, 0.717) is 22.1 Å². The molecule has 1 N–H and O–H groups in total. The summed E-state index contributed by atoms with van der Waals surface area (Å²) in [6.45, 7) is 3.22. The van der Waals surface area contributed by atoms with E-state index in [9.17, 15) is 27.6 Å². The summed E-state index contributed by atoms with van der Waals surface area (Å²) in [4.78, 5) is 38.8. The van der Waals surface area contributed by atoms with Crippen LogP contribution in [0.1, 0.15) is 16.7 Å². The number of rotatable bonds is 4. The van der Waals surface area contributed by atoms with Crippen LogP contribution in [-0.2, 0) is 22.3 Å². The number of aromatic nitrogens is 1. The van der Waals surface area contributed by atoms with Crippen molar-refractivity contribution in [3.63, 3.8) is 0 Å². The SMILES string of the molecule is Cc1cccc(NC(=O)C2CSCN2C(=O)Cn2cccc(C(F)(F)F)c2=O)c1C. The third-order valence-corrected chi connectivity index (χ3v) is 6.01. The summed E-state index contributed by atoms with van der Waals surface area (Å²) in [7, 11) is 0. The molecule has 30 heavy (non-hydrogen) atoms. The van der Waals surface area contributed by atoms with Crippen molar-refractivity contribution < 1.29 is 22.8 Å². The Morgan fingerprint density at radius 1 is 1.20 bits per heavy atom. The van der Waals surface area contributed by atoms with Crippen LogP contribution in [0.15, 0.2) is 41.3 Å². The summed E-state index contributed by atoms with van der Waals surface area (Å²) < 4.78 is 39.5. The Morgan fingerprint density at radius 3 is 2.63 bits per heavy atom. The molecule has 1 aliphatic rings. The highest BCUT2D eigenvalue weighted by Gasteiger charge is 2.37. The van der Waals surface area contributed by atoms with E-state index in [4.69, 9.17) is 0 Å². The Morgan fingerprint density at radius 2 is 1.93 bits per heavy atom. The van der Waals surface area contributed by atoms with Crippen LogP contribution in [0.2, 0.25) is 0 Å². The first-order valence-corrected chi connectivity index (χ1v) is 10.3. The maximum Gasteiger partial charge on any atom is 0.421 e. The average Bonchev–Trinajstić information content (AvgIpc) is 3.16. The normalized spacial score (nSPS) is 16.6. The first-order valence-electron chi connectivity index (χ1n) is 9.10. The van der Waals surface area contributed by atoms with Gasteiger partial charge in [-0.1, -0.05) is 12.1 Å². The molecule has 1 fully saturated rings. The molecule has 0 saturated carbocycles. The zero-order valence-electron chi connectivity index (χ0n) is 16.3. The number of nitrogens with one attached hydrogen (secondary N) is 1. The average molecular weight is 439 g/mol. The predicted molar refractivity (Wildman–Crippen MR) is 108 cm³/mol. The van der Waals surface area contributed by atoms with Gasteiger partial charge in [0.2, 0.25) is 11.8 Å². The summed E-state index contributed by atoms with van der Waals surface area (Å²) in [5.41, 5.74) is -0.0758. The van der Waals surface area contributed by atoms with Crippen LogP contribution in [0, 0.1) is 13.8 Å². The molecule has 1 aromatic heterocycles. The van der Waals surface area contributed by atoms with Gasteiger partial charge in [0.15, 0.2) is 0 Å². The number of amides is 2. The molecular formula is C20H20F3N3O3S. The van der Waals surface area contributed by atoms with Crippen molar-refractivity contribution in [3.8, 4) is 0 Å². The quantitative estimate of drug-likeness (QED) is 0.795. The lowest BCUT2D eigenvalue weighted by atomic mass is 10.1. The number of nitrogens with zero attached hydrogens (tertiary/aromatic N) is 2. The lowest BCUT2D eigenvalue weighted by Crippen LogP contribution is -2.46. The minimum absolute atomic E-state index is 0.220. The van der Waals surface area contributed by atoms with E-state index in [2.05, 4.69) is 5.32 Å². The van der Waals surface area contributed by atoms with Gasteiger partial charge in [0.05, 0.1) is 5.88 Å². The number of benzene rings is 1. The number of aryl methyl sites for hydroxylation is 1. The van der Waals surface area contributed by atoms with Crippen LogP contribution < -0.4 is 10.9 Å². The van der Waals surface area contributed by atoms with Crippen molar-refractivity contribution in [1.82, 2.24) is 9.47 Å². The van der Waals surface area contributed by atoms with Crippen LogP contribution in [0.3, 0.4) is 0 Å². The fourth-order valence-corrected chi connectivity index (χ4v) is 4.30. The van der Waals surface area contributed by atoms with Crippen molar-refractivity contribution in [3.05, 3.63) is 63.6 Å². The molecule has 1 atom stereocenters. The third-order valence-electron chi connectivity index (χ3n) is 5.00. The van der Waals surface area contributed by atoms with Crippen LogP contribution >= 0.6 is 11.8 Å². The van der Waals surface area contributed by atoms with Gasteiger partial charge in [0.25, 0.3) is 5.56 Å². The maximum atomic E-state index is 12.9. The molecule has 2 aromatic rings. The van der Waals surface area contributed by atoms with Crippen molar-refractivity contribution in [2.24, 2.45) is 0 Å². The standard InChI is InChI=1S/C20H20F3N3O3S/c1-12-5-3-7-15(13(12)2)24-18(28)16-10-30-11-26(16)17(27)9-25-8-4-6-14(19(25)29)20(21,22)23/h3-8,16H,9-11H2,1-2H3,(H,24,28). The summed E-state index contributed by atoms with van der Waals surface area (Å²) in [5.74, 6) is -0.391. The first-order chi connectivity index (χ1) is 14.1. The van der Waals surface area contributed by atoms with Crippen molar-refractivity contribution in [1.29, 1.82) is 0 Å². The van der Waals surface area contributed by atoms with E-state index in [1.807, 2.05) is 26.0 Å². The van der Waals surface area contributed by atoms with E-state index < -0.39 is 35.8 Å². The topological polar surface area (TPSA) is 71.4 Å². The van der Waals surface area contributed by atoms with E-state index in [1.165, 1.54) is 16.7 Å². The molecule has 1 saturated heterocycles. The lowest BCUT2D eigenvalue weighted by molar-refractivity contribution is -0.140. The fraction of sp³-hybridized carbons (Fsp3) is 0.350. The van der Waals surface area contributed by atoms with Gasteiger partial charge in [-0.25, -0.2) is 0 Å². The molecule has 0 bridgehead atoms. The molecule has 0 aliphatic carbocycles. The molecule has 3 rings (SSSR count). The number of thioether (sulfide) groups is 1. The highest BCUT2D eigenvalue weighted by Crippen LogP contribution is 2.27. The molecule has 6 nitrogen and oxygen atoms in total. The Balaban J connectivity index is 1.76. The van der Waals surface area contributed by atoms with Gasteiger partial charge in [0.1, 0.15) is 18.2 Å². The highest BCUT2D eigenvalue weighted by atomic mass is 32.2. The summed E-state index contributed by atoms with van der Waals surface area (Å²) in [6.07, 6.45) is -3.68. The smallest absolute Gasteiger partial charge is 0.324 e. The van der Waals surface area contributed by atoms with Gasteiger partial charge < -0.3 is 14.8 Å². The predicted octanol–water partition coefficient (Wildman–Crippen LogP) is 3.02. The molecule has 160 valence electrons. The Kier molecular flexibility index (Phi) is 6.25. The summed E-state index contributed by atoms with van der Waals surface area (Å²) in [5, 5.41) is 2.82. The monoisotopic (exact) mass is 439 g/mol. The molecule has 0 radical (unpaired) electrons. The maximum absolute atomic E-state index is 12.9. The lowest BCUT2D eigenvalue weighted by Gasteiger charge is -2.24. The first kappa shape index (κ1) is 21.9. The second-order valence-electron chi connectivity index (χ2n) is 6.97. The Bertz CT molecular complexity index is 1040. The van der Waals surface area contributed by atoms with E-state index >= 15 is 0 Å². The largest absolute Gasteiger partial charge is 0.421 e. The van der Waals surface area contributed by atoms with Crippen molar-refractivity contribution in [2.45, 2.75) is 32.6 Å². The Labute approximate surface area is 175 Å². The minimum atomic E-state index is -4.80. The number of hydrogen-bond donors (Lipinski definition) is 1. The second-order valence-corrected chi connectivity index (χ2v) is 7.97. The summed E-state index contributed by atoms with van der Waals surface area (Å²) in [6, 6.07) is 6.46. The molecule has 1 unspecified atom stereocenters. The molecule has 2 amide bonds. The number of alkyl halides is 3. The molecule has 10 heteroatoms. The number of hydrogen-bond acceptors (Lipinski definition) is 4. The molecular weight excluding hydrogens is 419 g/mol. The van der Waals surface area contributed by atoms with Crippen LogP contribution in [0.5, 0.6) is 0 Å². The number of halogens is 3. The summed E-state index contributed by atoms with van der Waals surface area (Å²) >= 11 is 1.36. The van der Waals surface area contributed by atoms with Gasteiger partial charge >= 0.3 is 6.18 Å². The Hall–Kier alpha value is -2.75. The minimum Gasteiger partial charge on any atom is -0.324 e. The number of carbonyl (C=O) groups is 2. The molecule has 1 aromatic carbocycles. The number of anilines is 1.